The maximum absolute atomic E-state index is 12.3. The van der Waals surface area contributed by atoms with Crippen molar-refractivity contribution in [1.29, 1.82) is 0 Å². The molecule has 188 valence electrons. The Morgan fingerprint density at radius 1 is 1.22 bits per heavy atom. The largest absolute Gasteiger partial charge is 0.463 e. The first-order valence-corrected chi connectivity index (χ1v) is 11.9. The second-order valence-electron chi connectivity index (χ2n) is 9.44. The van der Waals surface area contributed by atoms with Crippen LogP contribution in [-0.4, -0.2) is 74.0 Å². The fraction of sp³-hybridized carbons (Fsp3) is 0.800. The quantitative estimate of drug-likeness (QED) is 0.356. The zero-order valence-corrected chi connectivity index (χ0v) is 22.3. The number of ether oxygens (including phenoxy) is 1. The van der Waals surface area contributed by atoms with Crippen LogP contribution in [0.25, 0.3) is 0 Å². The molecule has 2 atom stereocenters. The third kappa shape index (κ3) is 14.2. The monoisotopic (exact) mass is 455 g/mol. The topological polar surface area (TPSA) is 79.0 Å². The highest BCUT2D eigenvalue weighted by Crippen LogP contribution is 2.20. The van der Waals surface area contributed by atoms with Gasteiger partial charge in [0.1, 0.15) is 6.04 Å². The van der Waals surface area contributed by atoms with Gasteiger partial charge in [-0.2, -0.15) is 0 Å². The van der Waals surface area contributed by atoms with Gasteiger partial charge in [-0.25, -0.2) is 4.79 Å². The second kappa shape index (κ2) is 17.6. The van der Waals surface area contributed by atoms with Crippen LogP contribution in [0.2, 0.25) is 0 Å². The van der Waals surface area contributed by atoms with Crippen LogP contribution in [0.1, 0.15) is 81.1 Å². The van der Waals surface area contributed by atoms with Crippen LogP contribution in [0.4, 0.5) is 0 Å². The summed E-state index contributed by atoms with van der Waals surface area (Å²) in [7, 11) is 3.84. The fourth-order valence-corrected chi connectivity index (χ4v) is 2.91. The number of carbonyl (C=O) groups excluding carboxylic acids is 3. The Morgan fingerprint density at radius 3 is 2.16 bits per heavy atom. The Hall–Kier alpha value is -1.89. The Labute approximate surface area is 196 Å². The summed E-state index contributed by atoms with van der Waals surface area (Å²) >= 11 is 0. The van der Waals surface area contributed by atoms with E-state index in [0.29, 0.717) is 18.6 Å². The van der Waals surface area contributed by atoms with Crippen molar-refractivity contribution in [2.24, 2.45) is 5.41 Å². The second-order valence-corrected chi connectivity index (χ2v) is 9.44. The van der Waals surface area contributed by atoms with E-state index in [1.807, 2.05) is 20.8 Å². The molecule has 1 fully saturated rings. The number of likely N-dealkylation sites (N-methyl/N-ethyl adjacent to an activating group) is 1. The van der Waals surface area contributed by atoms with Crippen LogP contribution >= 0.6 is 0 Å². The van der Waals surface area contributed by atoms with E-state index in [1.165, 1.54) is 37.1 Å². The molecule has 1 rings (SSSR count). The van der Waals surface area contributed by atoms with Crippen molar-refractivity contribution in [2.45, 2.75) is 93.2 Å². The minimum absolute atomic E-state index is 0.206. The lowest BCUT2D eigenvalue weighted by Gasteiger charge is -2.32. The summed E-state index contributed by atoms with van der Waals surface area (Å²) in [5, 5.41) is 2.55. The Bertz CT molecular complexity index is 560. The average Bonchev–Trinajstić information content (AvgIpc) is 2.72. The van der Waals surface area contributed by atoms with Crippen LogP contribution in [0, 0.1) is 5.41 Å². The Morgan fingerprint density at radius 2 is 1.78 bits per heavy atom. The average molecular weight is 456 g/mol. The van der Waals surface area contributed by atoms with E-state index < -0.39 is 17.4 Å². The molecule has 1 saturated heterocycles. The Balaban J connectivity index is 0. The molecule has 0 aromatic heterocycles. The summed E-state index contributed by atoms with van der Waals surface area (Å²) in [5.74, 6) is -0.598. The molecule has 7 heteroatoms. The molecule has 1 aliphatic rings. The zero-order chi connectivity index (χ0) is 25.3. The molecular weight excluding hydrogens is 406 g/mol. The summed E-state index contributed by atoms with van der Waals surface area (Å²) in [6.07, 6.45) is 7.65. The predicted molar refractivity (Wildman–Crippen MR) is 132 cm³/mol. The molecule has 2 unspecified atom stereocenters. The van der Waals surface area contributed by atoms with Gasteiger partial charge in [0.15, 0.2) is 0 Å². The van der Waals surface area contributed by atoms with Crippen LogP contribution in [0.5, 0.6) is 0 Å². The van der Waals surface area contributed by atoms with Gasteiger partial charge >= 0.3 is 5.97 Å². The molecule has 1 aliphatic heterocycles. The van der Waals surface area contributed by atoms with E-state index >= 15 is 0 Å². The van der Waals surface area contributed by atoms with Crippen LogP contribution in [0.3, 0.4) is 0 Å². The first-order chi connectivity index (χ1) is 14.9. The lowest BCUT2D eigenvalue weighted by Crippen LogP contribution is -2.51. The minimum Gasteiger partial charge on any atom is -0.463 e. The van der Waals surface area contributed by atoms with Crippen molar-refractivity contribution in [2.75, 3.05) is 33.8 Å². The number of likely N-dealkylation sites (tertiary alicyclic amines) is 1. The molecule has 1 heterocycles. The number of esters is 1. The van der Waals surface area contributed by atoms with Crippen LogP contribution in [0.15, 0.2) is 11.6 Å². The van der Waals surface area contributed by atoms with Gasteiger partial charge in [-0.1, -0.05) is 53.5 Å². The summed E-state index contributed by atoms with van der Waals surface area (Å²) in [6, 6.07) is 0.222. The SMILES string of the molecule is CC1CCCCN1C.CCC.CCOC(=O)/C(C)=C/CN(C)C(=O)C(NC=O)C(C)(C)C. The van der Waals surface area contributed by atoms with Gasteiger partial charge in [0.05, 0.1) is 6.61 Å². The third-order valence-electron chi connectivity index (χ3n) is 5.13. The van der Waals surface area contributed by atoms with Crippen molar-refractivity contribution in [1.82, 2.24) is 15.1 Å². The lowest BCUT2D eigenvalue weighted by molar-refractivity contribution is -0.138. The van der Waals surface area contributed by atoms with Gasteiger partial charge in [-0.05, 0) is 52.6 Å². The van der Waals surface area contributed by atoms with Crippen molar-refractivity contribution in [3.05, 3.63) is 11.6 Å². The van der Waals surface area contributed by atoms with Gasteiger partial charge in [-0.3, -0.25) is 9.59 Å². The van der Waals surface area contributed by atoms with E-state index in [4.69, 9.17) is 4.74 Å². The molecule has 0 saturated carbocycles. The summed E-state index contributed by atoms with van der Waals surface area (Å²) in [6.45, 7) is 17.4. The highest BCUT2D eigenvalue weighted by atomic mass is 16.5. The van der Waals surface area contributed by atoms with Gasteiger partial charge in [0.25, 0.3) is 0 Å². The smallest absolute Gasteiger partial charge is 0.333 e. The maximum atomic E-state index is 12.3. The van der Waals surface area contributed by atoms with E-state index in [2.05, 4.69) is 38.0 Å². The minimum atomic E-state index is -0.615. The Kier molecular flexibility index (Phi) is 17.8. The van der Waals surface area contributed by atoms with E-state index in [9.17, 15) is 14.4 Å². The molecule has 0 radical (unpaired) electrons. The maximum Gasteiger partial charge on any atom is 0.333 e. The molecule has 0 spiro atoms. The van der Waals surface area contributed by atoms with Crippen molar-refractivity contribution in [3.8, 4) is 0 Å². The number of rotatable bonds is 7. The van der Waals surface area contributed by atoms with Crippen molar-refractivity contribution >= 4 is 18.3 Å². The third-order valence-corrected chi connectivity index (χ3v) is 5.13. The number of amides is 2. The first-order valence-electron chi connectivity index (χ1n) is 11.9. The molecule has 0 aromatic carbocycles. The summed E-state index contributed by atoms with van der Waals surface area (Å²) in [4.78, 5) is 38.4. The number of carbonyl (C=O) groups is 3. The number of piperidine rings is 1. The van der Waals surface area contributed by atoms with Crippen molar-refractivity contribution in [3.63, 3.8) is 0 Å². The zero-order valence-electron chi connectivity index (χ0n) is 22.3. The van der Waals surface area contributed by atoms with E-state index in [-0.39, 0.29) is 12.5 Å². The molecule has 0 aromatic rings. The first kappa shape index (κ1) is 32.3. The van der Waals surface area contributed by atoms with Gasteiger partial charge in [-0.15, -0.1) is 0 Å². The molecule has 1 N–H and O–H groups in total. The lowest BCUT2D eigenvalue weighted by atomic mass is 9.86. The number of nitrogens with one attached hydrogen (secondary N) is 1. The highest BCUT2D eigenvalue weighted by Gasteiger charge is 2.32. The molecule has 0 bridgehead atoms. The molecule has 0 aliphatic carbocycles. The fourth-order valence-electron chi connectivity index (χ4n) is 2.91. The molecule has 7 nitrogen and oxygen atoms in total. The van der Waals surface area contributed by atoms with Crippen LogP contribution < -0.4 is 5.32 Å². The van der Waals surface area contributed by atoms with Gasteiger partial charge in [0.2, 0.25) is 12.3 Å². The number of hydrogen-bond donors (Lipinski definition) is 1. The molecule has 2 amide bonds. The summed E-state index contributed by atoms with van der Waals surface area (Å²) < 4.78 is 4.87. The van der Waals surface area contributed by atoms with Crippen LogP contribution in [-0.2, 0) is 19.1 Å². The standard InChI is InChI=1S/C15H26N2O4.C7H15N.C3H8/c1-7-21-14(20)11(2)8-9-17(6)13(19)12(16-10-18)15(3,4)5;1-7-5-3-4-6-8(7)2;1-3-2/h8,10,12H,7,9H2,1-6H3,(H,16,18);7H,3-6H2,1-2H3;3H2,1-2H3/b11-8+;;. The molecular formula is C25H49N3O4. The number of hydrogen-bond acceptors (Lipinski definition) is 5. The number of nitrogens with zero attached hydrogens (tertiary/aromatic N) is 2. The van der Waals surface area contributed by atoms with E-state index in [0.717, 1.165) is 6.04 Å². The van der Waals surface area contributed by atoms with E-state index in [1.54, 1.807) is 27.0 Å². The normalized spacial score (nSPS) is 17.6. The van der Waals surface area contributed by atoms with Gasteiger partial charge in [0, 0.05) is 25.2 Å². The predicted octanol–water partition coefficient (Wildman–Crippen LogP) is 4.02. The highest BCUT2D eigenvalue weighted by molar-refractivity contribution is 5.88. The van der Waals surface area contributed by atoms with Gasteiger partial charge < -0.3 is 19.9 Å². The van der Waals surface area contributed by atoms with Crippen molar-refractivity contribution < 1.29 is 19.1 Å². The summed E-state index contributed by atoms with van der Waals surface area (Å²) in [5.41, 5.74) is 0.0544. The molecule has 32 heavy (non-hydrogen) atoms.